The van der Waals surface area contributed by atoms with Crippen LogP contribution < -0.4 is 10.2 Å². The van der Waals surface area contributed by atoms with Crippen LogP contribution in [0.3, 0.4) is 0 Å². The van der Waals surface area contributed by atoms with Gasteiger partial charge in [0.2, 0.25) is 5.91 Å². The molecule has 0 aliphatic rings. The van der Waals surface area contributed by atoms with Crippen molar-refractivity contribution in [2.45, 2.75) is 26.8 Å². The number of nitrogens with zero attached hydrogens (tertiary/aromatic N) is 2. The molecule has 0 bridgehead atoms. The molecule has 0 radical (unpaired) electrons. The van der Waals surface area contributed by atoms with Gasteiger partial charge >= 0.3 is 0 Å². The molecule has 1 aromatic carbocycles. The normalized spacial score (nSPS) is 10.4. The van der Waals surface area contributed by atoms with Gasteiger partial charge in [-0.2, -0.15) is 0 Å². The first-order chi connectivity index (χ1) is 10.1. The van der Waals surface area contributed by atoms with Crippen LogP contribution in [0.1, 0.15) is 23.9 Å². The number of para-hydroxylation sites is 1. The highest BCUT2D eigenvalue weighted by Gasteiger charge is 2.09. The number of benzene rings is 1. The molecule has 0 fully saturated rings. The summed E-state index contributed by atoms with van der Waals surface area (Å²) in [6.45, 7) is 5.34. The Labute approximate surface area is 124 Å². The van der Waals surface area contributed by atoms with Crippen molar-refractivity contribution in [2.24, 2.45) is 0 Å². The van der Waals surface area contributed by atoms with Crippen LogP contribution in [0.25, 0.3) is 0 Å². The zero-order chi connectivity index (χ0) is 15.2. The van der Waals surface area contributed by atoms with Gasteiger partial charge in [-0.3, -0.25) is 4.79 Å². The van der Waals surface area contributed by atoms with Gasteiger partial charge in [0.05, 0.1) is 12.1 Å². The number of carbonyl (C=O) groups excluding carboxylic acids is 1. The Hall–Kier alpha value is -2.30. The number of aryl methyl sites for hydroxylation is 1. The third kappa shape index (κ3) is 4.08. The van der Waals surface area contributed by atoms with E-state index in [9.17, 15) is 4.79 Å². The maximum absolute atomic E-state index is 11.9. The van der Waals surface area contributed by atoms with Gasteiger partial charge in [-0.15, -0.1) is 0 Å². The maximum atomic E-state index is 11.9. The fraction of sp³-hybridized carbons (Fsp3) is 0.375. The molecule has 1 aromatic heterocycles. The molecule has 21 heavy (non-hydrogen) atoms. The third-order valence-corrected chi connectivity index (χ3v) is 3.37. The Morgan fingerprint density at radius 1 is 1.38 bits per heavy atom. The Balaban J connectivity index is 1.95. The number of nitrogens with one attached hydrogen (secondary N) is 1. The van der Waals surface area contributed by atoms with E-state index in [4.69, 9.17) is 4.52 Å². The minimum Gasteiger partial charge on any atom is -0.375 e. The second-order valence-corrected chi connectivity index (χ2v) is 5.03. The number of hydrogen-bond donors (Lipinski definition) is 1. The van der Waals surface area contributed by atoms with E-state index in [1.54, 1.807) is 6.07 Å². The molecule has 0 saturated carbocycles. The fourth-order valence-corrected chi connectivity index (χ4v) is 2.13. The first kappa shape index (κ1) is 15.1. The Morgan fingerprint density at radius 2 is 2.14 bits per heavy atom. The lowest BCUT2D eigenvalue weighted by atomic mass is 10.1. The van der Waals surface area contributed by atoms with Gasteiger partial charge in [-0.1, -0.05) is 23.4 Å². The standard InChI is InChI=1S/C16H21N3O2/c1-4-19(3)15-8-6-5-7-13(15)11-17-16(20)10-14-9-12(2)21-18-14/h5-9H,4,10-11H2,1-3H3,(H,17,20). The van der Waals surface area contributed by atoms with E-state index in [0.717, 1.165) is 17.8 Å². The summed E-state index contributed by atoms with van der Waals surface area (Å²) < 4.78 is 4.96. The van der Waals surface area contributed by atoms with E-state index in [0.29, 0.717) is 18.0 Å². The SMILES string of the molecule is CCN(C)c1ccccc1CNC(=O)Cc1cc(C)on1. The summed E-state index contributed by atoms with van der Waals surface area (Å²) in [6.07, 6.45) is 0.239. The molecular formula is C16H21N3O2. The molecule has 1 N–H and O–H groups in total. The molecular weight excluding hydrogens is 266 g/mol. The number of carbonyl (C=O) groups is 1. The predicted octanol–water partition coefficient (Wildman–Crippen LogP) is 2.30. The minimum atomic E-state index is -0.0581. The lowest BCUT2D eigenvalue weighted by molar-refractivity contribution is -0.120. The van der Waals surface area contributed by atoms with E-state index in [1.807, 2.05) is 32.2 Å². The topological polar surface area (TPSA) is 58.4 Å². The lowest BCUT2D eigenvalue weighted by Gasteiger charge is -2.20. The highest BCUT2D eigenvalue weighted by atomic mass is 16.5. The molecule has 0 aliphatic carbocycles. The first-order valence-electron chi connectivity index (χ1n) is 7.08. The van der Waals surface area contributed by atoms with Crippen molar-refractivity contribution in [3.05, 3.63) is 47.3 Å². The molecule has 0 atom stereocenters. The summed E-state index contributed by atoms with van der Waals surface area (Å²) in [5.41, 5.74) is 2.90. The Bertz CT molecular complexity index is 607. The molecule has 2 rings (SSSR count). The molecule has 1 amide bonds. The van der Waals surface area contributed by atoms with E-state index in [2.05, 4.69) is 28.4 Å². The minimum absolute atomic E-state index is 0.0581. The smallest absolute Gasteiger partial charge is 0.226 e. The van der Waals surface area contributed by atoms with Crippen LogP contribution in [0.15, 0.2) is 34.9 Å². The van der Waals surface area contributed by atoms with Crippen LogP contribution in [0.4, 0.5) is 5.69 Å². The number of aromatic nitrogens is 1. The number of hydrogen-bond acceptors (Lipinski definition) is 4. The van der Waals surface area contributed by atoms with Crippen molar-refractivity contribution < 1.29 is 9.32 Å². The predicted molar refractivity (Wildman–Crippen MR) is 82.2 cm³/mol. The van der Waals surface area contributed by atoms with Gasteiger partial charge in [-0.05, 0) is 25.5 Å². The second-order valence-electron chi connectivity index (χ2n) is 5.03. The van der Waals surface area contributed by atoms with Crippen LogP contribution >= 0.6 is 0 Å². The molecule has 0 spiro atoms. The van der Waals surface area contributed by atoms with Gasteiger partial charge < -0.3 is 14.7 Å². The molecule has 0 aliphatic heterocycles. The van der Waals surface area contributed by atoms with Crippen LogP contribution in [-0.2, 0) is 17.8 Å². The van der Waals surface area contributed by atoms with Crippen molar-refractivity contribution in [3.63, 3.8) is 0 Å². The Kier molecular flexibility index (Phi) is 4.98. The summed E-state index contributed by atoms with van der Waals surface area (Å²) in [6, 6.07) is 9.85. The average Bonchev–Trinajstić information content (AvgIpc) is 2.89. The third-order valence-electron chi connectivity index (χ3n) is 3.37. The number of rotatable bonds is 6. The summed E-state index contributed by atoms with van der Waals surface area (Å²) >= 11 is 0. The highest BCUT2D eigenvalue weighted by molar-refractivity contribution is 5.78. The summed E-state index contributed by atoms with van der Waals surface area (Å²) in [7, 11) is 2.04. The van der Waals surface area contributed by atoms with Crippen molar-refractivity contribution in [1.29, 1.82) is 0 Å². The fourth-order valence-electron chi connectivity index (χ4n) is 2.13. The quantitative estimate of drug-likeness (QED) is 0.885. The van der Waals surface area contributed by atoms with E-state index >= 15 is 0 Å². The molecule has 0 saturated heterocycles. The van der Waals surface area contributed by atoms with Gasteiger partial charge in [0.1, 0.15) is 5.76 Å². The molecule has 0 unspecified atom stereocenters. The monoisotopic (exact) mass is 287 g/mol. The highest BCUT2D eigenvalue weighted by Crippen LogP contribution is 2.18. The van der Waals surface area contributed by atoms with Gasteiger partial charge in [0, 0.05) is 31.9 Å². The van der Waals surface area contributed by atoms with Crippen LogP contribution in [-0.4, -0.2) is 24.7 Å². The molecule has 5 nitrogen and oxygen atoms in total. The summed E-state index contributed by atoms with van der Waals surface area (Å²) in [5, 5.41) is 6.75. The van der Waals surface area contributed by atoms with Crippen LogP contribution in [0, 0.1) is 6.92 Å². The van der Waals surface area contributed by atoms with E-state index in [-0.39, 0.29) is 12.3 Å². The van der Waals surface area contributed by atoms with Gasteiger partial charge in [-0.25, -0.2) is 0 Å². The summed E-state index contributed by atoms with van der Waals surface area (Å²) in [5.74, 6) is 0.657. The lowest BCUT2D eigenvalue weighted by Crippen LogP contribution is -2.26. The second kappa shape index (κ2) is 6.92. The zero-order valence-corrected chi connectivity index (χ0v) is 12.7. The van der Waals surface area contributed by atoms with Crippen molar-refractivity contribution >= 4 is 11.6 Å². The number of anilines is 1. The first-order valence-corrected chi connectivity index (χ1v) is 7.08. The number of amides is 1. The zero-order valence-electron chi connectivity index (χ0n) is 12.7. The molecule has 2 aromatic rings. The van der Waals surface area contributed by atoms with Crippen LogP contribution in [0.2, 0.25) is 0 Å². The maximum Gasteiger partial charge on any atom is 0.226 e. The molecule has 5 heteroatoms. The van der Waals surface area contributed by atoms with Crippen molar-refractivity contribution in [3.8, 4) is 0 Å². The Morgan fingerprint density at radius 3 is 2.81 bits per heavy atom. The summed E-state index contributed by atoms with van der Waals surface area (Å²) in [4.78, 5) is 14.1. The van der Waals surface area contributed by atoms with Gasteiger partial charge in [0.25, 0.3) is 0 Å². The van der Waals surface area contributed by atoms with Crippen molar-refractivity contribution in [2.75, 3.05) is 18.5 Å². The molecule has 1 heterocycles. The van der Waals surface area contributed by atoms with E-state index in [1.165, 1.54) is 0 Å². The van der Waals surface area contributed by atoms with E-state index < -0.39 is 0 Å². The largest absolute Gasteiger partial charge is 0.375 e. The average molecular weight is 287 g/mol. The van der Waals surface area contributed by atoms with Crippen LogP contribution in [0.5, 0.6) is 0 Å². The van der Waals surface area contributed by atoms with Crippen molar-refractivity contribution in [1.82, 2.24) is 10.5 Å². The molecule has 112 valence electrons. The van der Waals surface area contributed by atoms with Gasteiger partial charge in [0.15, 0.2) is 0 Å².